The second kappa shape index (κ2) is 9.24. The molecule has 0 saturated heterocycles. The van der Waals surface area contributed by atoms with Crippen molar-refractivity contribution in [3.8, 4) is 11.1 Å². The third-order valence-electron chi connectivity index (χ3n) is 4.73. The minimum Gasteiger partial charge on any atom is -0.365 e. The molecule has 0 spiro atoms. The van der Waals surface area contributed by atoms with Crippen molar-refractivity contribution in [1.29, 1.82) is 0 Å². The Morgan fingerprint density at radius 2 is 1.87 bits per heavy atom. The number of hydrogen-bond donors (Lipinski definition) is 2. The molecule has 31 heavy (non-hydrogen) atoms. The van der Waals surface area contributed by atoms with Crippen LogP contribution in [0.4, 0.5) is 11.5 Å². The number of thiophene rings is 1. The molecule has 6 nitrogen and oxygen atoms in total. The predicted molar refractivity (Wildman–Crippen MR) is 128 cm³/mol. The zero-order valence-electron chi connectivity index (χ0n) is 17.8. The average molecular weight is 432 g/mol. The minimum absolute atomic E-state index is 0.0817. The topological polar surface area (TPSA) is 70.2 Å². The first-order valence-electron chi connectivity index (χ1n) is 10.1. The molecule has 0 bridgehead atoms. The lowest BCUT2D eigenvalue weighted by atomic mass is 10.1. The van der Waals surface area contributed by atoms with Crippen LogP contribution in [0.25, 0.3) is 21.3 Å². The van der Waals surface area contributed by atoms with Crippen molar-refractivity contribution in [3.63, 3.8) is 0 Å². The molecule has 0 atom stereocenters. The van der Waals surface area contributed by atoms with Crippen LogP contribution in [0.2, 0.25) is 0 Å². The summed E-state index contributed by atoms with van der Waals surface area (Å²) in [5.74, 6) is 1.53. The van der Waals surface area contributed by atoms with Gasteiger partial charge in [0.15, 0.2) is 0 Å². The Labute approximate surface area is 186 Å². The fourth-order valence-corrected chi connectivity index (χ4v) is 4.41. The van der Waals surface area contributed by atoms with Gasteiger partial charge in [0.1, 0.15) is 16.5 Å². The molecule has 2 N–H and O–H groups in total. The molecule has 4 rings (SSSR count). The maximum Gasteiger partial charge on any atom is 0.221 e. The van der Waals surface area contributed by atoms with E-state index in [9.17, 15) is 4.79 Å². The summed E-state index contributed by atoms with van der Waals surface area (Å²) in [6.45, 7) is 2.77. The number of hydrogen-bond acceptors (Lipinski definition) is 6. The van der Waals surface area contributed by atoms with Crippen molar-refractivity contribution in [2.45, 2.75) is 20.0 Å². The monoisotopic (exact) mass is 431 g/mol. The molecule has 1 amide bonds. The number of nitrogens with zero attached hydrogens (tertiary/aromatic N) is 3. The van der Waals surface area contributed by atoms with Gasteiger partial charge in [0.25, 0.3) is 0 Å². The van der Waals surface area contributed by atoms with Gasteiger partial charge < -0.3 is 15.5 Å². The van der Waals surface area contributed by atoms with Crippen LogP contribution in [-0.4, -0.2) is 34.9 Å². The van der Waals surface area contributed by atoms with E-state index in [2.05, 4.69) is 33.0 Å². The Hall–Kier alpha value is -3.29. The second-order valence-corrected chi connectivity index (χ2v) is 8.51. The highest BCUT2D eigenvalue weighted by Gasteiger charge is 2.16. The Kier molecular flexibility index (Phi) is 6.25. The van der Waals surface area contributed by atoms with E-state index < -0.39 is 0 Å². The fraction of sp³-hybridized carbons (Fsp3) is 0.208. The van der Waals surface area contributed by atoms with Gasteiger partial charge in [-0.1, -0.05) is 42.5 Å². The van der Waals surface area contributed by atoms with E-state index in [0.29, 0.717) is 13.1 Å². The first kappa shape index (κ1) is 21.0. The Balaban J connectivity index is 1.70. The molecular weight excluding hydrogens is 406 g/mol. The van der Waals surface area contributed by atoms with Gasteiger partial charge in [-0.3, -0.25) is 4.79 Å². The number of benzene rings is 2. The lowest BCUT2D eigenvalue weighted by Crippen LogP contribution is -2.14. The Morgan fingerprint density at radius 3 is 2.61 bits per heavy atom. The van der Waals surface area contributed by atoms with E-state index in [0.717, 1.165) is 44.2 Å². The van der Waals surface area contributed by atoms with Crippen LogP contribution in [0.15, 0.2) is 60.0 Å². The average Bonchev–Trinajstić information content (AvgIpc) is 3.16. The van der Waals surface area contributed by atoms with E-state index in [-0.39, 0.29) is 5.91 Å². The summed E-state index contributed by atoms with van der Waals surface area (Å²) in [4.78, 5) is 24.1. The van der Waals surface area contributed by atoms with Crippen LogP contribution in [0.1, 0.15) is 18.3 Å². The summed E-state index contributed by atoms with van der Waals surface area (Å²) in [6, 6.07) is 18.1. The maximum absolute atomic E-state index is 11.4. The van der Waals surface area contributed by atoms with Gasteiger partial charge in [-0.15, -0.1) is 11.3 Å². The number of rotatable bonds is 7. The molecule has 7 heteroatoms. The van der Waals surface area contributed by atoms with E-state index in [1.165, 1.54) is 6.92 Å². The molecule has 0 radical (unpaired) electrons. The Morgan fingerprint density at radius 1 is 1.06 bits per heavy atom. The largest absolute Gasteiger partial charge is 0.365 e. The first-order valence-corrected chi connectivity index (χ1v) is 11.0. The number of amides is 1. The van der Waals surface area contributed by atoms with E-state index in [4.69, 9.17) is 9.97 Å². The smallest absolute Gasteiger partial charge is 0.221 e. The fourth-order valence-electron chi connectivity index (χ4n) is 3.45. The number of fused-ring (bicyclic) bond motifs is 1. The van der Waals surface area contributed by atoms with Crippen molar-refractivity contribution in [2.24, 2.45) is 0 Å². The van der Waals surface area contributed by atoms with Gasteiger partial charge in [0.2, 0.25) is 5.91 Å². The zero-order valence-corrected chi connectivity index (χ0v) is 18.7. The number of carbonyl (C=O) groups is 1. The highest BCUT2D eigenvalue weighted by Crippen LogP contribution is 2.37. The molecule has 0 fully saturated rings. The van der Waals surface area contributed by atoms with Crippen LogP contribution in [0.3, 0.4) is 0 Å². The molecule has 2 heterocycles. The molecule has 0 saturated carbocycles. The standard InChI is InChI=1S/C24H25N5OS/c1-16(30)26-19-11-7-8-17(12-19)13-25-23-22-20(18-9-5-4-6-10-18)15-31-24(22)28-21(27-23)14-29(2)3/h4-12,15H,13-14H2,1-3H3,(H,26,30)(H,25,27,28). The SMILES string of the molecule is CC(=O)Nc1cccc(CNc2nc(CN(C)C)nc3scc(-c4ccccc4)c23)c1. The highest BCUT2D eigenvalue weighted by molar-refractivity contribution is 7.17. The van der Waals surface area contributed by atoms with Crippen LogP contribution >= 0.6 is 11.3 Å². The third-order valence-corrected chi connectivity index (χ3v) is 5.60. The van der Waals surface area contributed by atoms with Crippen LogP contribution in [0.5, 0.6) is 0 Å². The zero-order chi connectivity index (χ0) is 21.8. The normalized spacial score (nSPS) is 11.1. The molecule has 2 aromatic carbocycles. The lowest BCUT2D eigenvalue weighted by molar-refractivity contribution is -0.114. The quantitative estimate of drug-likeness (QED) is 0.431. The van der Waals surface area contributed by atoms with Gasteiger partial charge in [-0.25, -0.2) is 9.97 Å². The van der Waals surface area contributed by atoms with E-state index in [1.807, 2.05) is 56.6 Å². The minimum atomic E-state index is -0.0817. The number of aromatic nitrogens is 2. The summed E-state index contributed by atoms with van der Waals surface area (Å²) >= 11 is 1.64. The highest BCUT2D eigenvalue weighted by atomic mass is 32.1. The van der Waals surface area contributed by atoms with Crippen molar-refractivity contribution < 1.29 is 4.79 Å². The third kappa shape index (κ3) is 5.07. The molecule has 0 aliphatic rings. The summed E-state index contributed by atoms with van der Waals surface area (Å²) in [7, 11) is 4.02. The summed E-state index contributed by atoms with van der Waals surface area (Å²) in [5, 5.41) is 9.54. The lowest BCUT2D eigenvalue weighted by Gasteiger charge is -2.13. The van der Waals surface area contributed by atoms with Gasteiger partial charge in [-0.05, 0) is 37.4 Å². The number of nitrogens with one attached hydrogen (secondary N) is 2. The molecule has 2 aromatic heterocycles. The van der Waals surface area contributed by atoms with Gasteiger partial charge in [-0.2, -0.15) is 0 Å². The van der Waals surface area contributed by atoms with Crippen molar-refractivity contribution in [1.82, 2.24) is 14.9 Å². The van der Waals surface area contributed by atoms with Crippen molar-refractivity contribution >= 4 is 39.0 Å². The molecule has 4 aromatic rings. The molecule has 0 aliphatic carbocycles. The summed E-state index contributed by atoms with van der Waals surface area (Å²) in [6.07, 6.45) is 0. The number of carbonyl (C=O) groups excluding carboxylic acids is 1. The summed E-state index contributed by atoms with van der Waals surface area (Å²) < 4.78 is 0. The van der Waals surface area contributed by atoms with E-state index in [1.54, 1.807) is 11.3 Å². The molecule has 158 valence electrons. The van der Waals surface area contributed by atoms with Crippen LogP contribution < -0.4 is 10.6 Å². The Bertz CT molecular complexity index is 1200. The maximum atomic E-state index is 11.4. The summed E-state index contributed by atoms with van der Waals surface area (Å²) in [5.41, 5.74) is 4.12. The number of anilines is 2. The predicted octanol–water partition coefficient (Wildman–Crippen LogP) is 4.99. The van der Waals surface area contributed by atoms with Gasteiger partial charge in [0, 0.05) is 30.1 Å². The van der Waals surface area contributed by atoms with Gasteiger partial charge >= 0.3 is 0 Å². The molecular formula is C24H25N5OS. The molecule has 0 aliphatic heterocycles. The van der Waals surface area contributed by atoms with Crippen LogP contribution in [-0.2, 0) is 17.9 Å². The van der Waals surface area contributed by atoms with Crippen molar-refractivity contribution in [2.75, 3.05) is 24.7 Å². The van der Waals surface area contributed by atoms with Crippen LogP contribution in [0, 0.1) is 0 Å². The molecule has 0 unspecified atom stereocenters. The van der Waals surface area contributed by atoms with Crippen molar-refractivity contribution in [3.05, 3.63) is 71.4 Å². The van der Waals surface area contributed by atoms with Gasteiger partial charge in [0.05, 0.1) is 11.9 Å². The second-order valence-electron chi connectivity index (χ2n) is 7.66. The van der Waals surface area contributed by atoms with E-state index >= 15 is 0 Å². The first-order chi connectivity index (χ1) is 15.0.